The third-order valence-electron chi connectivity index (χ3n) is 6.43. The highest BCUT2D eigenvalue weighted by atomic mass is 16.5. The number of methoxy groups -OCH3 is 1. The van der Waals surface area contributed by atoms with Crippen LogP contribution in [0.3, 0.4) is 0 Å². The number of nitrogens with zero attached hydrogens (tertiary/aromatic N) is 6. The topological polar surface area (TPSA) is 87.3 Å². The van der Waals surface area contributed by atoms with Crippen molar-refractivity contribution in [3.05, 3.63) is 28.3 Å². The summed E-state index contributed by atoms with van der Waals surface area (Å²) >= 11 is 0. The summed E-state index contributed by atoms with van der Waals surface area (Å²) in [7, 11) is 3.60. The molecule has 2 aliphatic rings. The highest BCUT2D eigenvalue weighted by Gasteiger charge is 2.41. The maximum absolute atomic E-state index is 12.8. The van der Waals surface area contributed by atoms with Crippen molar-refractivity contribution >= 4 is 5.91 Å². The fourth-order valence-electron chi connectivity index (χ4n) is 4.48. The van der Waals surface area contributed by atoms with E-state index in [0.717, 1.165) is 55.1 Å². The molecule has 1 amide bonds. The van der Waals surface area contributed by atoms with Crippen molar-refractivity contribution in [1.82, 2.24) is 29.7 Å². The Bertz CT molecular complexity index is 894. The third-order valence-corrected chi connectivity index (χ3v) is 6.43. The molecule has 0 bridgehead atoms. The van der Waals surface area contributed by atoms with E-state index in [2.05, 4.69) is 22.3 Å². The lowest BCUT2D eigenvalue weighted by Gasteiger charge is -2.43. The normalized spacial score (nSPS) is 18.3. The molecule has 1 fully saturated rings. The molecule has 0 radical (unpaired) electrons. The third kappa shape index (κ3) is 3.81. The van der Waals surface area contributed by atoms with Crippen LogP contribution in [0.5, 0.6) is 0 Å². The predicted octanol–water partition coefficient (Wildman–Crippen LogP) is 1.30. The van der Waals surface area contributed by atoms with Crippen LogP contribution >= 0.6 is 0 Å². The van der Waals surface area contributed by atoms with E-state index in [1.807, 2.05) is 28.2 Å². The van der Waals surface area contributed by atoms with Crippen molar-refractivity contribution in [3.8, 4) is 0 Å². The number of amides is 1. The Hall–Kier alpha value is -2.26. The highest BCUT2D eigenvalue weighted by molar-refractivity contribution is 5.76. The summed E-state index contributed by atoms with van der Waals surface area (Å²) in [6.07, 6.45) is 2.91. The Labute approximate surface area is 171 Å². The lowest BCUT2D eigenvalue weighted by Crippen LogP contribution is -2.52. The second kappa shape index (κ2) is 7.87. The first kappa shape index (κ1) is 20.0. The maximum atomic E-state index is 12.8. The highest BCUT2D eigenvalue weighted by Crippen LogP contribution is 2.33. The Kier molecular flexibility index (Phi) is 5.44. The van der Waals surface area contributed by atoms with Gasteiger partial charge in [-0.05, 0) is 38.7 Å². The molecular weight excluding hydrogens is 372 g/mol. The fraction of sp³-hybridized carbons (Fsp3) is 0.700. The van der Waals surface area contributed by atoms with Gasteiger partial charge in [0.25, 0.3) is 0 Å². The number of aromatic nitrogens is 5. The smallest absolute Gasteiger partial charge is 0.222 e. The van der Waals surface area contributed by atoms with Crippen LogP contribution in [0, 0.1) is 13.8 Å². The Morgan fingerprint density at radius 3 is 2.69 bits per heavy atom. The second-order valence-corrected chi connectivity index (χ2v) is 8.20. The lowest BCUT2D eigenvalue weighted by molar-refractivity contribution is -0.146. The molecule has 2 aliphatic heterocycles. The quantitative estimate of drug-likeness (QED) is 0.749. The molecule has 4 rings (SSSR count). The van der Waals surface area contributed by atoms with Gasteiger partial charge < -0.3 is 14.4 Å². The minimum Gasteiger partial charge on any atom is -0.378 e. The summed E-state index contributed by atoms with van der Waals surface area (Å²) in [6, 6.07) is 0. The number of fused-ring (bicyclic) bond motifs is 1. The first-order valence-electron chi connectivity index (χ1n) is 10.2. The Morgan fingerprint density at radius 1 is 1.28 bits per heavy atom. The van der Waals surface area contributed by atoms with Crippen LogP contribution < -0.4 is 0 Å². The molecule has 158 valence electrons. The van der Waals surface area contributed by atoms with Gasteiger partial charge in [-0.2, -0.15) is 5.10 Å². The first-order chi connectivity index (χ1) is 13.9. The molecule has 0 aromatic carbocycles. The van der Waals surface area contributed by atoms with Gasteiger partial charge in [-0.25, -0.2) is 4.68 Å². The molecule has 4 heterocycles. The lowest BCUT2D eigenvalue weighted by atomic mass is 9.89. The van der Waals surface area contributed by atoms with E-state index < -0.39 is 0 Å². The van der Waals surface area contributed by atoms with Crippen molar-refractivity contribution in [2.45, 2.75) is 64.9 Å². The number of likely N-dealkylation sites (tertiary alicyclic amines) is 1. The molecule has 0 aliphatic carbocycles. The Balaban J connectivity index is 1.32. The minimum atomic E-state index is -0.252. The molecular formula is C20H30N6O3. The molecule has 1 spiro atoms. The van der Waals surface area contributed by atoms with Crippen LogP contribution in [-0.2, 0) is 47.5 Å². The second-order valence-electron chi connectivity index (χ2n) is 8.20. The number of rotatable bonds is 5. The maximum Gasteiger partial charge on any atom is 0.222 e. The van der Waals surface area contributed by atoms with Crippen molar-refractivity contribution < 1.29 is 14.3 Å². The van der Waals surface area contributed by atoms with Crippen LogP contribution in [0.15, 0.2) is 0 Å². The van der Waals surface area contributed by atoms with Crippen molar-refractivity contribution in [2.24, 2.45) is 7.05 Å². The average Bonchev–Trinajstić information content (AvgIpc) is 3.20. The van der Waals surface area contributed by atoms with Crippen LogP contribution in [0.25, 0.3) is 0 Å². The molecule has 0 atom stereocenters. The molecule has 0 N–H and O–H groups in total. The van der Waals surface area contributed by atoms with E-state index in [-0.39, 0.29) is 11.5 Å². The molecule has 2 aromatic heterocycles. The number of hydrogen-bond donors (Lipinski definition) is 0. The number of aryl methyl sites for hydroxylation is 2. The van der Waals surface area contributed by atoms with E-state index >= 15 is 0 Å². The molecule has 9 nitrogen and oxygen atoms in total. The zero-order chi connectivity index (χ0) is 20.6. The molecule has 29 heavy (non-hydrogen) atoms. The summed E-state index contributed by atoms with van der Waals surface area (Å²) in [6.45, 7) is 7.14. The summed E-state index contributed by atoms with van der Waals surface area (Å²) < 4.78 is 15.3. The monoisotopic (exact) mass is 402 g/mol. The van der Waals surface area contributed by atoms with Crippen LogP contribution in [0.4, 0.5) is 0 Å². The van der Waals surface area contributed by atoms with Gasteiger partial charge in [0.2, 0.25) is 5.91 Å². The van der Waals surface area contributed by atoms with E-state index in [1.54, 1.807) is 7.11 Å². The van der Waals surface area contributed by atoms with E-state index in [4.69, 9.17) is 9.47 Å². The Morgan fingerprint density at radius 2 is 2.03 bits per heavy atom. The van der Waals surface area contributed by atoms with Gasteiger partial charge in [-0.3, -0.25) is 9.48 Å². The van der Waals surface area contributed by atoms with Gasteiger partial charge in [-0.15, -0.1) is 5.10 Å². The van der Waals surface area contributed by atoms with Crippen LogP contribution in [0.2, 0.25) is 0 Å². The van der Waals surface area contributed by atoms with Gasteiger partial charge >= 0.3 is 0 Å². The number of carbonyl (C=O) groups excluding carboxylic acids is 1. The van der Waals surface area contributed by atoms with Crippen molar-refractivity contribution in [1.29, 1.82) is 0 Å². The standard InChI is InChI=1S/C20H30N6O3/c1-14-16(15(2)24(3)22-14)5-6-19(27)25-9-7-20(8-10-25)13-26-18(12-29-20)17(11-28-4)21-23-26/h5-13H2,1-4H3. The van der Waals surface area contributed by atoms with E-state index in [9.17, 15) is 4.79 Å². The molecule has 0 unspecified atom stereocenters. The fourth-order valence-corrected chi connectivity index (χ4v) is 4.48. The van der Waals surface area contributed by atoms with Crippen LogP contribution in [-0.4, -0.2) is 61.4 Å². The SMILES string of the molecule is COCc1nnn2c1COC1(CCN(C(=O)CCc3c(C)nn(C)c3C)CC1)C2. The molecule has 2 aromatic rings. The summed E-state index contributed by atoms with van der Waals surface area (Å²) in [5.74, 6) is 0.210. The van der Waals surface area contributed by atoms with Gasteiger partial charge in [0.05, 0.1) is 36.7 Å². The van der Waals surface area contributed by atoms with E-state index in [1.165, 1.54) is 5.56 Å². The zero-order valence-electron chi connectivity index (χ0n) is 17.8. The predicted molar refractivity (Wildman–Crippen MR) is 105 cm³/mol. The van der Waals surface area contributed by atoms with Crippen molar-refractivity contribution in [3.63, 3.8) is 0 Å². The summed E-state index contributed by atoms with van der Waals surface area (Å²) in [5.41, 5.74) is 4.94. The molecule has 1 saturated heterocycles. The minimum absolute atomic E-state index is 0.210. The average molecular weight is 402 g/mol. The summed E-state index contributed by atoms with van der Waals surface area (Å²) in [4.78, 5) is 14.7. The first-order valence-corrected chi connectivity index (χ1v) is 10.2. The largest absolute Gasteiger partial charge is 0.378 e. The van der Waals surface area contributed by atoms with Crippen LogP contribution in [0.1, 0.15) is 47.6 Å². The number of piperidine rings is 1. The molecule has 9 heteroatoms. The number of hydrogen-bond acceptors (Lipinski definition) is 6. The van der Waals surface area contributed by atoms with Gasteiger partial charge in [0.15, 0.2) is 0 Å². The number of carbonyl (C=O) groups is 1. The summed E-state index contributed by atoms with van der Waals surface area (Å²) in [5, 5.41) is 12.9. The van der Waals surface area contributed by atoms with Gasteiger partial charge in [-0.1, -0.05) is 5.21 Å². The van der Waals surface area contributed by atoms with Crippen molar-refractivity contribution in [2.75, 3.05) is 20.2 Å². The number of ether oxygens (including phenoxy) is 2. The molecule has 0 saturated carbocycles. The van der Waals surface area contributed by atoms with Gasteiger partial charge in [0.1, 0.15) is 5.69 Å². The van der Waals surface area contributed by atoms with E-state index in [0.29, 0.717) is 26.2 Å². The zero-order valence-corrected chi connectivity index (χ0v) is 17.8. The van der Waals surface area contributed by atoms with Gasteiger partial charge in [0, 0.05) is 39.4 Å².